The van der Waals surface area contributed by atoms with Crippen molar-refractivity contribution < 1.29 is 18.0 Å². The van der Waals surface area contributed by atoms with Gasteiger partial charge in [-0.05, 0) is 30.3 Å². The summed E-state index contributed by atoms with van der Waals surface area (Å²) < 4.78 is 42.4. The summed E-state index contributed by atoms with van der Waals surface area (Å²) in [7, 11) is 0. The molecular weight excluding hydrogens is 423 g/mol. The smallest absolute Gasteiger partial charge is 0.221 e. The Hall–Kier alpha value is -4.12. The number of carbonyl (C=O) groups excluding carboxylic acids is 1. The highest BCUT2D eigenvalue weighted by molar-refractivity contribution is 6.03. The van der Waals surface area contributed by atoms with Gasteiger partial charge in [0.15, 0.2) is 17.5 Å². The SMILES string of the molecule is C=C/C=C\C(F)=C(\F)CN(N)/C(=N\N)c1cc(-c2ccc(NC(C)=O)cc2F)cnc1N. The number of hydrogen-bond acceptors (Lipinski definition) is 6. The highest BCUT2D eigenvalue weighted by Gasteiger charge is 2.19. The molecule has 1 amide bonds. The molecule has 32 heavy (non-hydrogen) atoms. The van der Waals surface area contributed by atoms with Gasteiger partial charge in [-0.25, -0.2) is 24.0 Å². The molecule has 0 bridgehead atoms. The summed E-state index contributed by atoms with van der Waals surface area (Å²) in [6, 6.07) is 5.48. The standard InChI is InChI=1S/C21H22F3N7O/c1-3-4-5-17(22)19(24)11-31(27)21(30-26)16-8-13(10-28-20(16)25)15-7-6-14(9-18(15)23)29-12(2)32/h3-10H,1,11,26-27H2,2H3,(H2,25,28)(H,29,32)/b5-4-,19-17-,30-21-. The number of nitrogens with one attached hydrogen (secondary N) is 1. The number of anilines is 2. The first kappa shape index (κ1) is 24.2. The van der Waals surface area contributed by atoms with Crippen molar-refractivity contribution in [2.45, 2.75) is 6.92 Å². The van der Waals surface area contributed by atoms with E-state index in [0.717, 1.165) is 17.2 Å². The number of hydrazine groups is 1. The van der Waals surface area contributed by atoms with Crippen molar-refractivity contribution in [3.63, 3.8) is 0 Å². The van der Waals surface area contributed by atoms with Crippen LogP contribution in [0.5, 0.6) is 0 Å². The van der Waals surface area contributed by atoms with Crippen LogP contribution in [0, 0.1) is 5.82 Å². The summed E-state index contributed by atoms with van der Waals surface area (Å²) >= 11 is 0. The van der Waals surface area contributed by atoms with Gasteiger partial charge in [0.2, 0.25) is 5.91 Å². The minimum Gasteiger partial charge on any atom is -0.383 e. The van der Waals surface area contributed by atoms with Crippen molar-refractivity contribution in [1.29, 1.82) is 0 Å². The summed E-state index contributed by atoms with van der Waals surface area (Å²) in [5, 5.41) is 6.72. The third-order valence-electron chi connectivity index (χ3n) is 4.10. The zero-order valence-electron chi connectivity index (χ0n) is 17.1. The van der Waals surface area contributed by atoms with Crippen LogP contribution in [0.15, 0.2) is 72.0 Å². The molecule has 168 valence electrons. The fourth-order valence-corrected chi connectivity index (χ4v) is 2.67. The van der Waals surface area contributed by atoms with E-state index in [1.54, 1.807) is 0 Å². The average molecular weight is 445 g/mol. The Bertz CT molecular complexity index is 1110. The molecular formula is C21H22F3N7O. The third-order valence-corrected chi connectivity index (χ3v) is 4.10. The molecule has 0 aliphatic rings. The van der Waals surface area contributed by atoms with E-state index in [0.29, 0.717) is 0 Å². The topological polar surface area (TPSA) is 136 Å². The summed E-state index contributed by atoms with van der Waals surface area (Å²) in [4.78, 5) is 15.1. The molecule has 7 N–H and O–H groups in total. The molecule has 8 nitrogen and oxygen atoms in total. The molecule has 2 aromatic rings. The van der Waals surface area contributed by atoms with E-state index in [4.69, 9.17) is 17.4 Å². The monoisotopic (exact) mass is 445 g/mol. The van der Waals surface area contributed by atoms with Crippen molar-refractivity contribution in [2.75, 3.05) is 17.6 Å². The van der Waals surface area contributed by atoms with E-state index < -0.39 is 24.0 Å². The zero-order valence-corrected chi connectivity index (χ0v) is 17.1. The maximum absolute atomic E-state index is 14.6. The van der Waals surface area contributed by atoms with Crippen molar-refractivity contribution in [1.82, 2.24) is 9.99 Å². The van der Waals surface area contributed by atoms with Gasteiger partial charge in [-0.15, -0.1) is 0 Å². The number of hydrogen-bond donors (Lipinski definition) is 4. The van der Waals surface area contributed by atoms with Gasteiger partial charge in [-0.2, -0.15) is 5.10 Å². The second-order valence-electron chi connectivity index (χ2n) is 6.46. The minimum absolute atomic E-state index is 0.0694. The number of nitrogens with zero attached hydrogens (tertiary/aromatic N) is 3. The van der Waals surface area contributed by atoms with Crippen molar-refractivity contribution in [3.05, 3.63) is 78.3 Å². The van der Waals surface area contributed by atoms with Crippen molar-refractivity contribution in [3.8, 4) is 11.1 Å². The minimum atomic E-state index is -1.19. The van der Waals surface area contributed by atoms with Gasteiger partial charge in [0.25, 0.3) is 0 Å². The second-order valence-corrected chi connectivity index (χ2v) is 6.46. The van der Waals surface area contributed by atoms with Gasteiger partial charge >= 0.3 is 0 Å². The maximum atomic E-state index is 14.6. The van der Waals surface area contributed by atoms with Crippen LogP contribution in [-0.2, 0) is 4.79 Å². The molecule has 0 aliphatic heterocycles. The number of halogens is 3. The third kappa shape index (κ3) is 5.95. The average Bonchev–Trinajstić information content (AvgIpc) is 2.73. The predicted octanol–water partition coefficient (Wildman–Crippen LogP) is 3.12. The Morgan fingerprint density at radius 1 is 1.34 bits per heavy atom. The number of pyridine rings is 1. The number of amides is 1. The molecule has 0 saturated carbocycles. The van der Waals surface area contributed by atoms with Gasteiger partial charge in [-0.1, -0.05) is 18.7 Å². The molecule has 0 unspecified atom stereocenters. The Balaban J connectivity index is 2.39. The maximum Gasteiger partial charge on any atom is 0.221 e. The van der Waals surface area contributed by atoms with Crippen LogP contribution in [0.25, 0.3) is 11.1 Å². The van der Waals surface area contributed by atoms with Crippen LogP contribution in [-0.4, -0.2) is 28.3 Å². The summed E-state index contributed by atoms with van der Waals surface area (Å²) in [6.45, 7) is 3.95. The van der Waals surface area contributed by atoms with Gasteiger partial charge in [0, 0.05) is 29.9 Å². The highest BCUT2D eigenvalue weighted by Crippen LogP contribution is 2.27. The summed E-state index contributed by atoms with van der Waals surface area (Å²) in [6.07, 6.45) is 4.67. The van der Waals surface area contributed by atoms with E-state index in [1.165, 1.54) is 43.5 Å². The molecule has 11 heteroatoms. The van der Waals surface area contributed by atoms with E-state index in [1.807, 2.05) is 0 Å². The first-order valence-electron chi connectivity index (χ1n) is 9.14. The Kier molecular flexibility index (Phi) is 8.13. The Morgan fingerprint density at radius 2 is 2.06 bits per heavy atom. The largest absolute Gasteiger partial charge is 0.383 e. The Labute approximate surface area is 182 Å². The number of nitrogen functional groups attached to an aromatic ring is 1. The summed E-state index contributed by atoms with van der Waals surface area (Å²) in [5.74, 6) is 7.61. The fourth-order valence-electron chi connectivity index (χ4n) is 2.67. The molecule has 0 aliphatic carbocycles. The molecule has 2 rings (SSSR count). The first-order valence-corrected chi connectivity index (χ1v) is 9.14. The van der Waals surface area contributed by atoms with E-state index in [2.05, 4.69) is 22.0 Å². The van der Waals surface area contributed by atoms with Crippen molar-refractivity contribution in [2.24, 2.45) is 16.8 Å². The molecule has 0 radical (unpaired) electrons. The number of rotatable bonds is 7. The lowest BCUT2D eigenvalue weighted by atomic mass is 10.0. The molecule has 0 spiro atoms. The van der Waals surface area contributed by atoms with Gasteiger partial charge < -0.3 is 16.9 Å². The van der Waals surface area contributed by atoms with Crippen LogP contribution in [0.1, 0.15) is 12.5 Å². The van der Waals surface area contributed by atoms with E-state index in [9.17, 15) is 18.0 Å². The number of hydrazone groups is 1. The van der Waals surface area contributed by atoms with Crippen molar-refractivity contribution >= 4 is 23.2 Å². The molecule has 0 saturated heterocycles. The lowest BCUT2D eigenvalue weighted by molar-refractivity contribution is -0.114. The van der Waals surface area contributed by atoms with Crippen LogP contribution in [0.4, 0.5) is 24.7 Å². The quantitative estimate of drug-likeness (QED) is 0.170. The summed E-state index contributed by atoms with van der Waals surface area (Å²) in [5.41, 5.74) is 6.65. The number of nitrogens with two attached hydrogens (primary N) is 3. The first-order chi connectivity index (χ1) is 15.2. The van der Waals surface area contributed by atoms with Crippen LogP contribution >= 0.6 is 0 Å². The van der Waals surface area contributed by atoms with Crippen LogP contribution in [0.3, 0.4) is 0 Å². The Morgan fingerprint density at radius 3 is 2.66 bits per heavy atom. The number of carbonyl (C=O) groups is 1. The van der Waals surface area contributed by atoms with Gasteiger partial charge in [0.1, 0.15) is 11.6 Å². The second kappa shape index (κ2) is 10.8. The number of amidine groups is 1. The zero-order chi connectivity index (χ0) is 23.8. The molecule has 0 atom stereocenters. The van der Waals surface area contributed by atoms with Gasteiger partial charge in [0.05, 0.1) is 12.1 Å². The fraction of sp³-hybridized carbons (Fsp3) is 0.0952. The predicted molar refractivity (Wildman–Crippen MR) is 119 cm³/mol. The highest BCUT2D eigenvalue weighted by atomic mass is 19.2. The molecule has 1 heterocycles. The lowest BCUT2D eigenvalue weighted by Crippen LogP contribution is -2.40. The van der Waals surface area contributed by atoms with E-state index >= 15 is 0 Å². The molecule has 1 aromatic carbocycles. The van der Waals surface area contributed by atoms with E-state index in [-0.39, 0.29) is 39.9 Å². The lowest BCUT2D eigenvalue weighted by Gasteiger charge is -2.20. The van der Waals surface area contributed by atoms with Crippen LogP contribution in [0.2, 0.25) is 0 Å². The van der Waals surface area contributed by atoms with Crippen LogP contribution < -0.4 is 22.7 Å². The normalized spacial score (nSPS) is 12.5. The number of benzene rings is 1. The van der Waals surface area contributed by atoms with Gasteiger partial charge in [-0.3, -0.25) is 9.80 Å². The molecule has 1 aromatic heterocycles. The number of aromatic nitrogens is 1. The molecule has 0 fully saturated rings. The number of allylic oxidation sites excluding steroid dienone is 4.